The van der Waals surface area contributed by atoms with Gasteiger partial charge in [-0.3, -0.25) is 9.59 Å². The van der Waals surface area contributed by atoms with Gasteiger partial charge in [-0.25, -0.2) is 9.97 Å². The number of hydrogen-bond acceptors (Lipinski definition) is 7. The zero-order valence-electron chi connectivity index (χ0n) is 17.2. The van der Waals surface area contributed by atoms with Gasteiger partial charge in [0.05, 0.1) is 22.5 Å². The number of hydrogen-bond donors (Lipinski definition) is 2. The Bertz CT molecular complexity index is 1280. The first kappa shape index (κ1) is 20.6. The van der Waals surface area contributed by atoms with Crippen LogP contribution in [0.1, 0.15) is 31.8 Å². The minimum atomic E-state index is -1.06. The number of nitrogens with zero attached hydrogens (tertiary/aromatic N) is 3. The third kappa shape index (κ3) is 3.96. The van der Waals surface area contributed by atoms with Crippen LogP contribution in [-0.4, -0.2) is 38.4 Å². The lowest BCUT2D eigenvalue weighted by atomic mass is 9.93. The summed E-state index contributed by atoms with van der Waals surface area (Å²) in [6, 6.07) is 7.71. The van der Waals surface area contributed by atoms with E-state index in [4.69, 9.17) is 0 Å². The molecule has 3 heterocycles. The molecule has 0 radical (unpaired) electrons. The fourth-order valence-electron chi connectivity index (χ4n) is 3.86. The number of aromatic nitrogens is 2. The first-order valence-corrected chi connectivity index (χ1v) is 11.8. The fourth-order valence-corrected chi connectivity index (χ4v) is 5.92. The van der Waals surface area contributed by atoms with Gasteiger partial charge in [0, 0.05) is 11.6 Å². The van der Waals surface area contributed by atoms with Gasteiger partial charge in [-0.05, 0) is 43.3 Å². The normalized spacial score (nSPS) is 17.0. The van der Waals surface area contributed by atoms with E-state index >= 15 is 0 Å². The summed E-state index contributed by atoms with van der Waals surface area (Å²) in [7, 11) is 0. The number of carbonyl (C=O) groups excluding carboxylic acids is 1. The van der Waals surface area contributed by atoms with Crippen LogP contribution in [0.5, 0.6) is 0 Å². The molecule has 32 heavy (non-hydrogen) atoms. The molecule has 0 saturated carbocycles. The van der Waals surface area contributed by atoms with Crippen molar-refractivity contribution in [1.82, 2.24) is 20.2 Å². The smallest absolute Gasteiger partial charge is 0.323 e. The van der Waals surface area contributed by atoms with Crippen molar-refractivity contribution in [3.8, 4) is 0 Å². The van der Waals surface area contributed by atoms with Crippen LogP contribution in [0.4, 0.5) is 0 Å². The van der Waals surface area contributed by atoms with Crippen molar-refractivity contribution in [2.45, 2.75) is 19.9 Å². The van der Waals surface area contributed by atoms with Crippen LogP contribution in [-0.2, 0) is 11.3 Å². The van der Waals surface area contributed by atoms with Crippen molar-refractivity contribution < 1.29 is 14.7 Å². The number of carboxylic acids is 1. The molecule has 2 aromatic heterocycles. The molecule has 3 aromatic rings. The van der Waals surface area contributed by atoms with E-state index in [9.17, 15) is 14.7 Å². The molecular weight excluding hydrogens is 444 g/mol. The summed E-state index contributed by atoms with van der Waals surface area (Å²) in [6.07, 6.45) is 8.97. The third-order valence-electron chi connectivity index (χ3n) is 5.43. The minimum absolute atomic E-state index is 0.143. The summed E-state index contributed by atoms with van der Waals surface area (Å²) >= 11 is 2.79. The first-order chi connectivity index (χ1) is 15.5. The molecule has 0 bridgehead atoms. The van der Waals surface area contributed by atoms with Crippen LogP contribution >= 0.6 is 22.7 Å². The van der Waals surface area contributed by atoms with Crippen LogP contribution in [0.3, 0.4) is 0 Å². The molecule has 9 heteroatoms. The molecule has 1 unspecified atom stereocenters. The number of aryl methyl sites for hydroxylation is 1. The maximum absolute atomic E-state index is 13.4. The molecule has 162 valence electrons. The molecule has 2 aliphatic rings. The van der Waals surface area contributed by atoms with Gasteiger partial charge in [0.25, 0.3) is 5.91 Å². The number of allylic oxidation sites excluding steroid dienone is 4. The summed E-state index contributed by atoms with van der Waals surface area (Å²) in [5.41, 5.74) is 3.71. The Kier molecular flexibility index (Phi) is 5.36. The Balaban J connectivity index is 1.41. The number of para-hydroxylation sites is 1. The molecule has 1 aliphatic carbocycles. The maximum atomic E-state index is 13.4. The molecular formula is C23H20N4O3S2. The standard InChI is InChI=1S/C23H20N4O3S2/c1-13-21(32-22(25-13)15-6-7-16-14(10-15)8-9-24-16)23(30)27(12-20(28)29)11-19-26-17-4-2-3-5-18(17)31-19/h2-9,14,24H,10-12H2,1H3,(H,28,29). The Morgan fingerprint density at radius 1 is 1.22 bits per heavy atom. The molecule has 7 nitrogen and oxygen atoms in total. The molecule has 1 aliphatic heterocycles. The Morgan fingerprint density at radius 2 is 2.06 bits per heavy atom. The second-order valence-electron chi connectivity index (χ2n) is 7.69. The Hall–Kier alpha value is -3.30. The van der Waals surface area contributed by atoms with E-state index in [-0.39, 0.29) is 12.5 Å². The fraction of sp³-hybridized carbons (Fsp3) is 0.217. The number of nitrogens with one attached hydrogen (secondary N) is 1. The van der Waals surface area contributed by atoms with Crippen molar-refractivity contribution in [2.24, 2.45) is 5.92 Å². The number of carboxylic acid groups (broad SMARTS) is 1. The van der Waals surface area contributed by atoms with E-state index in [1.165, 1.54) is 33.3 Å². The van der Waals surface area contributed by atoms with Gasteiger partial charge in [0.2, 0.25) is 0 Å². The van der Waals surface area contributed by atoms with E-state index in [0.29, 0.717) is 21.5 Å². The number of aliphatic carboxylic acids is 1. The van der Waals surface area contributed by atoms with Crippen molar-refractivity contribution in [1.29, 1.82) is 0 Å². The number of amides is 1. The lowest BCUT2D eigenvalue weighted by molar-refractivity contribution is -0.137. The lowest BCUT2D eigenvalue weighted by Crippen LogP contribution is -2.35. The van der Waals surface area contributed by atoms with E-state index in [2.05, 4.69) is 21.4 Å². The second kappa shape index (κ2) is 8.33. The monoisotopic (exact) mass is 464 g/mol. The van der Waals surface area contributed by atoms with Crippen LogP contribution in [0.25, 0.3) is 15.8 Å². The molecule has 0 fully saturated rings. The average Bonchev–Trinajstić information content (AvgIpc) is 3.49. The number of fused-ring (bicyclic) bond motifs is 2. The van der Waals surface area contributed by atoms with Gasteiger partial charge in [-0.15, -0.1) is 22.7 Å². The van der Waals surface area contributed by atoms with Crippen molar-refractivity contribution >= 4 is 50.3 Å². The summed E-state index contributed by atoms with van der Waals surface area (Å²) in [4.78, 5) is 35.9. The summed E-state index contributed by atoms with van der Waals surface area (Å²) in [5.74, 6) is -1.08. The molecule has 0 saturated heterocycles. The van der Waals surface area contributed by atoms with Crippen molar-refractivity contribution in [3.05, 3.63) is 75.0 Å². The zero-order valence-corrected chi connectivity index (χ0v) is 18.9. The number of rotatable bonds is 6. The largest absolute Gasteiger partial charge is 0.480 e. The quantitative estimate of drug-likeness (QED) is 0.568. The predicted octanol–water partition coefficient (Wildman–Crippen LogP) is 4.19. The maximum Gasteiger partial charge on any atom is 0.323 e. The SMILES string of the molecule is Cc1nc(C2=CC=C3NC=CC3C2)sc1C(=O)N(CC(=O)O)Cc1nc2ccccc2s1. The van der Waals surface area contributed by atoms with Gasteiger partial charge in [-0.2, -0.15) is 0 Å². The van der Waals surface area contributed by atoms with Crippen molar-refractivity contribution in [3.63, 3.8) is 0 Å². The van der Waals surface area contributed by atoms with Crippen LogP contribution < -0.4 is 5.32 Å². The second-order valence-corrected chi connectivity index (χ2v) is 9.81. The van der Waals surface area contributed by atoms with E-state index in [1.54, 1.807) is 6.92 Å². The summed E-state index contributed by atoms with van der Waals surface area (Å²) in [5, 5.41) is 14.1. The minimum Gasteiger partial charge on any atom is -0.480 e. The van der Waals surface area contributed by atoms with Gasteiger partial charge in [-0.1, -0.05) is 24.3 Å². The highest BCUT2D eigenvalue weighted by molar-refractivity contribution is 7.18. The van der Waals surface area contributed by atoms with Crippen molar-refractivity contribution in [2.75, 3.05) is 6.54 Å². The van der Waals surface area contributed by atoms with Gasteiger partial charge in [0.15, 0.2) is 0 Å². The third-order valence-corrected chi connectivity index (χ3v) is 7.67. The van der Waals surface area contributed by atoms with Crippen LogP contribution in [0.15, 0.2) is 54.4 Å². The first-order valence-electron chi connectivity index (χ1n) is 10.1. The number of thiazole rings is 2. The van der Waals surface area contributed by atoms with Gasteiger partial charge >= 0.3 is 5.97 Å². The highest BCUT2D eigenvalue weighted by Gasteiger charge is 2.27. The number of carbonyl (C=O) groups is 2. The van der Waals surface area contributed by atoms with Crippen LogP contribution in [0, 0.1) is 12.8 Å². The molecule has 2 N–H and O–H groups in total. The van der Waals surface area contributed by atoms with Gasteiger partial charge < -0.3 is 15.3 Å². The molecule has 0 spiro atoms. The van der Waals surface area contributed by atoms with E-state index < -0.39 is 12.5 Å². The molecule has 1 aromatic carbocycles. The molecule has 1 atom stereocenters. The van der Waals surface area contributed by atoms with E-state index in [0.717, 1.165) is 27.2 Å². The summed E-state index contributed by atoms with van der Waals surface area (Å²) in [6.45, 7) is 1.55. The average molecular weight is 465 g/mol. The highest BCUT2D eigenvalue weighted by atomic mass is 32.1. The molecule has 1 amide bonds. The highest BCUT2D eigenvalue weighted by Crippen LogP contribution is 2.36. The van der Waals surface area contributed by atoms with E-state index in [1.807, 2.05) is 42.6 Å². The summed E-state index contributed by atoms with van der Waals surface area (Å²) < 4.78 is 1.01. The molecule has 5 rings (SSSR count). The zero-order chi connectivity index (χ0) is 22.2. The predicted molar refractivity (Wildman–Crippen MR) is 125 cm³/mol. The number of benzene rings is 1. The Labute approximate surface area is 192 Å². The van der Waals surface area contributed by atoms with Crippen LogP contribution in [0.2, 0.25) is 0 Å². The topological polar surface area (TPSA) is 95.4 Å². The Morgan fingerprint density at radius 3 is 2.88 bits per heavy atom. The van der Waals surface area contributed by atoms with Gasteiger partial charge in [0.1, 0.15) is 21.4 Å². The lowest BCUT2D eigenvalue weighted by Gasteiger charge is -2.19.